The topological polar surface area (TPSA) is 18.5 Å². The molecular formula is C15H29N3. The van der Waals surface area contributed by atoms with E-state index in [0.717, 1.165) is 12.1 Å². The van der Waals surface area contributed by atoms with Gasteiger partial charge < -0.3 is 5.32 Å². The minimum atomic E-state index is 0.762. The number of hydrogen-bond acceptors (Lipinski definition) is 3. The van der Waals surface area contributed by atoms with E-state index in [1.54, 1.807) is 0 Å². The van der Waals surface area contributed by atoms with Crippen molar-refractivity contribution in [2.75, 3.05) is 39.3 Å². The molecule has 0 aliphatic carbocycles. The van der Waals surface area contributed by atoms with E-state index in [-0.39, 0.29) is 0 Å². The van der Waals surface area contributed by atoms with E-state index >= 15 is 0 Å². The highest BCUT2D eigenvalue weighted by molar-refractivity contribution is 4.88. The van der Waals surface area contributed by atoms with E-state index in [1.807, 2.05) is 0 Å². The summed E-state index contributed by atoms with van der Waals surface area (Å²) in [5.41, 5.74) is 0. The summed E-state index contributed by atoms with van der Waals surface area (Å²) in [5.74, 6) is 0. The molecule has 18 heavy (non-hydrogen) atoms. The normalized spacial score (nSPS) is 36.0. The Morgan fingerprint density at radius 2 is 1.83 bits per heavy atom. The van der Waals surface area contributed by atoms with E-state index in [0.29, 0.717) is 0 Å². The largest absolute Gasteiger partial charge is 0.313 e. The minimum absolute atomic E-state index is 0.762. The van der Waals surface area contributed by atoms with Gasteiger partial charge in [0.25, 0.3) is 0 Å². The van der Waals surface area contributed by atoms with Crippen molar-refractivity contribution in [1.29, 1.82) is 0 Å². The molecule has 0 aromatic carbocycles. The smallest absolute Gasteiger partial charge is 0.0224 e. The summed E-state index contributed by atoms with van der Waals surface area (Å²) in [7, 11) is 0. The molecule has 0 spiro atoms. The summed E-state index contributed by atoms with van der Waals surface area (Å²) in [6.07, 6.45) is 9.96. The van der Waals surface area contributed by atoms with Crippen LogP contribution in [-0.2, 0) is 0 Å². The van der Waals surface area contributed by atoms with Crippen molar-refractivity contribution in [2.24, 2.45) is 0 Å². The van der Waals surface area contributed by atoms with E-state index in [1.165, 1.54) is 84.2 Å². The van der Waals surface area contributed by atoms with Gasteiger partial charge in [-0.3, -0.25) is 9.80 Å². The first-order valence-electron chi connectivity index (χ1n) is 8.11. The Kier molecular flexibility index (Phi) is 4.55. The number of hydrogen-bond donors (Lipinski definition) is 1. The van der Waals surface area contributed by atoms with Crippen LogP contribution in [-0.4, -0.2) is 61.2 Å². The van der Waals surface area contributed by atoms with E-state index in [2.05, 4.69) is 15.1 Å². The Hall–Kier alpha value is -0.120. The predicted molar refractivity (Wildman–Crippen MR) is 75.9 cm³/mol. The van der Waals surface area contributed by atoms with Crippen LogP contribution in [0.5, 0.6) is 0 Å². The first-order valence-corrected chi connectivity index (χ1v) is 8.11. The second kappa shape index (κ2) is 6.36. The molecule has 0 radical (unpaired) electrons. The lowest BCUT2D eigenvalue weighted by Gasteiger charge is -2.39. The van der Waals surface area contributed by atoms with Crippen molar-refractivity contribution in [3.63, 3.8) is 0 Å². The summed E-state index contributed by atoms with van der Waals surface area (Å²) in [6.45, 7) is 7.85. The average molecular weight is 251 g/mol. The van der Waals surface area contributed by atoms with E-state index in [4.69, 9.17) is 0 Å². The van der Waals surface area contributed by atoms with Crippen molar-refractivity contribution in [3.05, 3.63) is 0 Å². The highest BCUT2D eigenvalue weighted by atomic mass is 15.3. The molecule has 3 aliphatic rings. The van der Waals surface area contributed by atoms with Gasteiger partial charge in [0.1, 0.15) is 0 Å². The Labute approximate surface area is 112 Å². The monoisotopic (exact) mass is 251 g/mol. The maximum atomic E-state index is 3.77. The number of piperazine rings is 1. The van der Waals surface area contributed by atoms with Gasteiger partial charge in [0, 0.05) is 38.3 Å². The van der Waals surface area contributed by atoms with Gasteiger partial charge in [0.2, 0.25) is 0 Å². The summed E-state index contributed by atoms with van der Waals surface area (Å²) in [6, 6.07) is 1.64. The van der Waals surface area contributed by atoms with E-state index < -0.39 is 0 Å². The lowest BCUT2D eigenvalue weighted by atomic mass is 10.0. The third-order valence-electron chi connectivity index (χ3n) is 5.06. The van der Waals surface area contributed by atoms with Crippen molar-refractivity contribution in [2.45, 2.75) is 57.0 Å². The minimum Gasteiger partial charge on any atom is -0.313 e. The lowest BCUT2D eigenvalue weighted by molar-refractivity contribution is 0.0945. The number of nitrogens with one attached hydrogen (secondary N) is 1. The Morgan fingerprint density at radius 3 is 2.83 bits per heavy atom. The first kappa shape index (κ1) is 12.9. The van der Waals surface area contributed by atoms with Crippen molar-refractivity contribution >= 4 is 0 Å². The average Bonchev–Trinajstić information content (AvgIpc) is 2.79. The molecule has 0 saturated carbocycles. The first-order chi connectivity index (χ1) is 8.92. The molecule has 2 unspecified atom stereocenters. The molecular weight excluding hydrogens is 222 g/mol. The molecule has 3 rings (SSSR count). The fraction of sp³-hybridized carbons (Fsp3) is 1.00. The van der Waals surface area contributed by atoms with Crippen molar-refractivity contribution in [1.82, 2.24) is 15.1 Å². The zero-order chi connectivity index (χ0) is 12.2. The number of fused-ring (bicyclic) bond motifs is 1. The molecule has 104 valence electrons. The van der Waals surface area contributed by atoms with Gasteiger partial charge in [-0.2, -0.15) is 0 Å². The molecule has 3 aliphatic heterocycles. The van der Waals surface area contributed by atoms with Gasteiger partial charge in [0.15, 0.2) is 0 Å². The van der Waals surface area contributed by atoms with Crippen LogP contribution in [0.1, 0.15) is 44.9 Å². The van der Waals surface area contributed by atoms with Crippen LogP contribution in [0.4, 0.5) is 0 Å². The summed E-state index contributed by atoms with van der Waals surface area (Å²) in [4.78, 5) is 5.44. The second-order valence-electron chi connectivity index (χ2n) is 6.45. The molecule has 2 atom stereocenters. The van der Waals surface area contributed by atoms with Gasteiger partial charge in [-0.05, 0) is 38.8 Å². The standard InChI is InChI=1S/C15H29N3/c1-2-4-8-16-14(6-3-1)12-17-10-11-18-9-5-7-15(18)13-17/h14-16H,1-13H2. The molecule has 3 heterocycles. The van der Waals surface area contributed by atoms with Crippen LogP contribution >= 0.6 is 0 Å². The SMILES string of the molecule is C1CCCC(CN2CCN3CCCC3C2)NCC1. The van der Waals surface area contributed by atoms with Gasteiger partial charge in [-0.1, -0.05) is 19.3 Å². The van der Waals surface area contributed by atoms with Crippen LogP contribution < -0.4 is 5.32 Å². The maximum absolute atomic E-state index is 3.77. The molecule has 0 aromatic heterocycles. The molecule has 3 nitrogen and oxygen atoms in total. The molecule has 3 heteroatoms. The summed E-state index contributed by atoms with van der Waals surface area (Å²) in [5, 5.41) is 3.77. The molecule has 0 amide bonds. The number of nitrogens with zero attached hydrogens (tertiary/aromatic N) is 2. The third kappa shape index (κ3) is 3.25. The molecule has 1 N–H and O–H groups in total. The predicted octanol–water partition coefficient (Wildman–Crippen LogP) is 1.69. The molecule has 3 saturated heterocycles. The molecule has 0 bridgehead atoms. The Bertz CT molecular complexity index is 248. The van der Waals surface area contributed by atoms with Crippen LogP contribution in [0.3, 0.4) is 0 Å². The Morgan fingerprint density at radius 1 is 0.889 bits per heavy atom. The fourth-order valence-electron chi connectivity index (χ4n) is 3.97. The Balaban J connectivity index is 1.46. The second-order valence-corrected chi connectivity index (χ2v) is 6.45. The fourth-order valence-corrected chi connectivity index (χ4v) is 3.97. The summed E-state index contributed by atoms with van der Waals surface area (Å²) < 4.78 is 0. The van der Waals surface area contributed by atoms with Crippen LogP contribution in [0, 0.1) is 0 Å². The van der Waals surface area contributed by atoms with Gasteiger partial charge in [-0.15, -0.1) is 0 Å². The third-order valence-corrected chi connectivity index (χ3v) is 5.06. The molecule has 0 aromatic rings. The van der Waals surface area contributed by atoms with Crippen LogP contribution in [0.15, 0.2) is 0 Å². The lowest BCUT2D eigenvalue weighted by Crippen LogP contribution is -2.53. The zero-order valence-corrected chi connectivity index (χ0v) is 11.7. The zero-order valence-electron chi connectivity index (χ0n) is 11.7. The van der Waals surface area contributed by atoms with E-state index in [9.17, 15) is 0 Å². The van der Waals surface area contributed by atoms with Crippen LogP contribution in [0.2, 0.25) is 0 Å². The highest BCUT2D eigenvalue weighted by Crippen LogP contribution is 2.22. The van der Waals surface area contributed by atoms with Crippen LogP contribution in [0.25, 0.3) is 0 Å². The van der Waals surface area contributed by atoms with Gasteiger partial charge in [-0.25, -0.2) is 0 Å². The number of rotatable bonds is 2. The highest BCUT2D eigenvalue weighted by Gasteiger charge is 2.31. The van der Waals surface area contributed by atoms with Crippen molar-refractivity contribution < 1.29 is 0 Å². The molecule has 3 fully saturated rings. The summed E-state index contributed by atoms with van der Waals surface area (Å²) >= 11 is 0. The quantitative estimate of drug-likeness (QED) is 0.806. The maximum Gasteiger partial charge on any atom is 0.0224 e. The van der Waals surface area contributed by atoms with Gasteiger partial charge >= 0.3 is 0 Å². The van der Waals surface area contributed by atoms with Crippen molar-refractivity contribution in [3.8, 4) is 0 Å². The van der Waals surface area contributed by atoms with Gasteiger partial charge in [0.05, 0.1) is 0 Å².